The maximum atomic E-state index is 10.7. The molecular weight excluding hydrogens is 222 g/mol. The topological polar surface area (TPSA) is 117 Å². The van der Waals surface area contributed by atoms with E-state index in [1.165, 1.54) is 17.1 Å². The second-order valence-corrected chi connectivity index (χ2v) is 3.45. The molecule has 0 radical (unpaired) electrons. The first-order valence-electron chi connectivity index (χ1n) is 4.82. The van der Waals surface area contributed by atoms with Crippen LogP contribution in [0.25, 0.3) is 0 Å². The van der Waals surface area contributed by atoms with E-state index in [1.807, 2.05) is 0 Å². The lowest BCUT2D eigenvalue weighted by Gasteiger charge is -2.21. The van der Waals surface area contributed by atoms with Crippen molar-refractivity contribution in [1.29, 1.82) is 0 Å². The molecule has 0 saturated heterocycles. The van der Waals surface area contributed by atoms with Crippen LogP contribution >= 0.6 is 0 Å². The number of aliphatic imine (C=N–C) groups is 2. The third-order valence-electron chi connectivity index (χ3n) is 2.27. The zero-order valence-electron chi connectivity index (χ0n) is 8.87. The maximum Gasteiger partial charge on any atom is 0.335 e. The highest BCUT2D eigenvalue weighted by Gasteiger charge is 2.15. The molecule has 2 rings (SSSR count). The van der Waals surface area contributed by atoms with Crippen LogP contribution in [0.3, 0.4) is 0 Å². The molecule has 0 aliphatic carbocycles. The van der Waals surface area contributed by atoms with Crippen LogP contribution in [0.1, 0.15) is 15.9 Å². The summed E-state index contributed by atoms with van der Waals surface area (Å²) < 4.78 is 0. The van der Waals surface area contributed by atoms with Crippen molar-refractivity contribution in [1.82, 2.24) is 5.01 Å². The Morgan fingerprint density at radius 1 is 1.35 bits per heavy atom. The SMILES string of the molecule is NC1=NCN(N)C(c2ccc(C(=O)O)cc2)=N1. The molecule has 17 heavy (non-hydrogen) atoms. The van der Waals surface area contributed by atoms with E-state index in [0.717, 1.165) is 0 Å². The van der Waals surface area contributed by atoms with Gasteiger partial charge in [-0.15, -0.1) is 0 Å². The van der Waals surface area contributed by atoms with Gasteiger partial charge in [0.1, 0.15) is 6.67 Å². The highest BCUT2D eigenvalue weighted by atomic mass is 16.4. The Labute approximate surface area is 97.0 Å². The van der Waals surface area contributed by atoms with Crippen LogP contribution in [0.2, 0.25) is 0 Å². The van der Waals surface area contributed by atoms with Crippen LogP contribution in [-0.4, -0.2) is 34.5 Å². The van der Waals surface area contributed by atoms with Gasteiger partial charge in [-0.2, -0.15) is 4.99 Å². The van der Waals surface area contributed by atoms with Crippen LogP contribution < -0.4 is 11.6 Å². The number of hydrogen-bond donors (Lipinski definition) is 3. The molecule has 88 valence electrons. The summed E-state index contributed by atoms with van der Waals surface area (Å²) in [5, 5.41) is 10.1. The molecule has 0 amide bonds. The Morgan fingerprint density at radius 3 is 2.59 bits per heavy atom. The van der Waals surface area contributed by atoms with Crippen molar-refractivity contribution in [3.05, 3.63) is 35.4 Å². The Morgan fingerprint density at radius 2 is 2.00 bits per heavy atom. The first-order chi connectivity index (χ1) is 8.08. The second kappa shape index (κ2) is 4.22. The monoisotopic (exact) mass is 233 g/mol. The average molecular weight is 233 g/mol. The van der Waals surface area contributed by atoms with Gasteiger partial charge in [0.15, 0.2) is 5.84 Å². The molecule has 0 aromatic heterocycles. The summed E-state index contributed by atoms with van der Waals surface area (Å²) in [6.07, 6.45) is 0. The summed E-state index contributed by atoms with van der Waals surface area (Å²) in [7, 11) is 0. The molecule has 1 aromatic carbocycles. The lowest BCUT2D eigenvalue weighted by Crippen LogP contribution is -2.42. The Kier molecular flexibility index (Phi) is 2.75. The summed E-state index contributed by atoms with van der Waals surface area (Å²) in [4.78, 5) is 18.6. The van der Waals surface area contributed by atoms with E-state index in [9.17, 15) is 4.79 Å². The predicted molar refractivity (Wildman–Crippen MR) is 62.5 cm³/mol. The zero-order chi connectivity index (χ0) is 12.4. The zero-order valence-corrected chi connectivity index (χ0v) is 8.87. The Bertz CT molecular complexity index is 506. The van der Waals surface area contributed by atoms with Crippen LogP contribution in [0.5, 0.6) is 0 Å². The molecule has 0 atom stereocenters. The van der Waals surface area contributed by atoms with Gasteiger partial charge in [0.25, 0.3) is 0 Å². The molecule has 5 N–H and O–H groups in total. The van der Waals surface area contributed by atoms with Gasteiger partial charge in [0.2, 0.25) is 5.96 Å². The minimum atomic E-state index is -0.979. The summed E-state index contributed by atoms with van der Waals surface area (Å²) in [5.41, 5.74) is 6.38. The third kappa shape index (κ3) is 2.23. The largest absolute Gasteiger partial charge is 0.478 e. The van der Waals surface area contributed by atoms with Crippen LogP contribution in [0, 0.1) is 0 Å². The van der Waals surface area contributed by atoms with Crippen molar-refractivity contribution in [3.8, 4) is 0 Å². The Hall–Kier alpha value is -2.41. The number of amidine groups is 1. The number of carbonyl (C=O) groups is 1. The van der Waals surface area contributed by atoms with Crippen molar-refractivity contribution in [2.24, 2.45) is 21.6 Å². The van der Waals surface area contributed by atoms with Crippen LogP contribution in [-0.2, 0) is 0 Å². The highest BCUT2D eigenvalue weighted by Crippen LogP contribution is 2.09. The molecule has 0 bridgehead atoms. The first kappa shape index (κ1) is 11.1. The first-order valence-corrected chi connectivity index (χ1v) is 4.82. The van der Waals surface area contributed by atoms with Gasteiger partial charge in [-0.3, -0.25) is 5.01 Å². The Balaban J connectivity index is 2.34. The fraction of sp³-hybridized carbons (Fsp3) is 0.100. The van der Waals surface area contributed by atoms with Gasteiger partial charge in [-0.1, -0.05) is 12.1 Å². The summed E-state index contributed by atoms with van der Waals surface area (Å²) in [6, 6.07) is 6.22. The number of guanidine groups is 1. The van der Waals surface area contributed by atoms with E-state index < -0.39 is 5.97 Å². The number of aromatic carboxylic acids is 1. The van der Waals surface area contributed by atoms with Gasteiger partial charge >= 0.3 is 5.97 Å². The van der Waals surface area contributed by atoms with Crippen LogP contribution in [0.15, 0.2) is 34.3 Å². The summed E-state index contributed by atoms with van der Waals surface area (Å²) >= 11 is 0. The van der Waals surface area contributed by atoms with Gasteiger partial charge in [0.05, 0.1) is 5.56 Å². The van der Waals surface area contributed by atoms with Gasteiger partial charge in [-0.25, -0.2) is 15.6 Å². The number of hydrogen-bond acceptors (Lipinski definition) is 6. The fourth-order valence-electron chi connectivity index (χ4n) is 1.42. The number of benzene rings is 1. The number of carboxylic acid groups (broad SMARTS) is 1. The third-order valence-corrected chi connectivity index (χ3v) is 2.27. The number of carboxylic acids is 1. The fourth-order valence-corrected chi connectivity index (χ4v) is 1.42. The molecule has 1 aliphatic heterocycles. The van der Waals surface area contributed by atoms with Crippen molar-refractivity contribution in [2.45, 2.75) is 0 Å². The second-order valence-electron chi connectivity index (χ2n) is 3.45. The molecule has 7 heteroatoms. The molecule has 0 saturated carbocycles. The molecule has 0 fully saturated rings. The molecule has 1 heterocycles. The van der Waals surface area contributed by atoms with E-state index in [-0.39, 0.29) is 18.2 Å². The lowest BCUT2D eigenvalue weighted by atomic mass is 10.1. The van der Waals surface area contributed by atoms with E-state index in [1.54, 1.807) is 12.1 Å². The van der Waals surface area contributed by atoms with Crippen molar-refractivity contribution < 1.29 is 9.90 Å². The smallest absolute Gasteiger partial charge is 0.335 e. The van der Waals surface area contributed by atoms with E-state index >= 15 is 0 Å². The molecule has 1 aliphatic rings. The minimum absolute atomic E-state index is 0.156. The van der Waals surface area contributed by atoms with Crippen molar-refractivity contribution in [2.75, 3.05) is 6.67 Å². The predicted octanol–water partition coefficient (Wildman–Crippen LogP) is -0.407. The van der Waals surface area contributed by atoms with E-state index in [0.29, 0.717) is 11.4 Å². The molecule has 7 nitrogen and oxygen atoms in total. The van der Waals surface area contributed by atoms with E-state index in [4.69, 9.17) is 16.7 Å². The number of hydrazine groups is 1. The quantitative estimate of drug-likeness (QED) is 0.600. The maximum absolute atomic E-state index is 10.7. The van der Waals surface area contributed by atoms with Crippen molar-refractivity contribution >= 4 is 17.8 Å². The van der Waals surface area contributed by atoms with Gasteiger partial charge < -0.3 is 10.8 Å². The normalized spacial score (nSPS) is 15.2. The molecule has 0 spiro atoms. The van der Waals surface area contributed by atoms with Crippen molar-refractivity contribution in [3.63, 3.8) is 0 Å². The number of nitrogens with two attached hydrogens (primary N) is 2. The van der Waals surface area contributed by atoms with Crippen LogP contribution in [0.4, 0.5) is 0 Å². The number of rotatable bonds is 2. The summed E-state index contributed by atoms with van der Waals surface area (Å²) in [6.45, 7) is 0.228. The molecule has 0 unspecified atom stereocenters. The molecular formula is C10H11N5O2. The van der Waals surface area contributed by atoms with Gasteiger partial charge in [-0.05, 0) is 12.1 Å². The lowest BCUT2D eigenvalue weighted by molar-refractivity contribution is 0.0697. The standard InChI is InChI=1S/C10H11N5O2/c11-10-13-5-15(12)8(14-10)6-1-3-7(4-2-6)9(16)17/h1-4H,5,12H2,(H2,11,13)(H,16,17). The number of nitrogens with zero attached hydrogens (tertiary/aromatic N) is 3. The minimum Gasteiger partial charge on any atom is -0.478 e. The summed E-state index contributed by atoms with van der Waals surface area (Å²) in [5.74, 6) is 5.34. The highest BCUT2D eigenvalue weighted by molar-refractivity contribution is 6.06. The van der Waals surface area contributed by atoms with Gasteiger partial charge in [0, 0.05) is 5.56 Å². The molecule has 1 aromatic rings. The van der Waals surface area contributed by atoms with E-state index in [2.05, 4.69) is 9.98 Å². The average Bonchev–Trinajstić information content (AvgIpc) is 2.32.